The summed E-state index contributed by atoms with van der Waals surface area (Å²) in [6.07, 6.45) is 4.56. The lowest BCUT2D eigenvalue weighted by atomic mass is 9.88. The molecule has 2 heterocycles. The van der Waals surface area contributed by atoms with Gasteiger partial charge in [-0.2, -0.15) is 0 Å². The number of epoxide rings is 1. The smallest absolute Gasteiger partial charge is 0.334 e. The number of esters is 2. The average molecular weight is 346 g/mol. The number of carbonyl (C=O) groups excluding carboxylic acids is 3. The molecule has 134 valence electrons. The Balaban J connectivity index is 1.81. The molecule has 25 heavy (non-hydrogen) atoms. The molecule has 4 atom stereocenters. The lowest BCUT2D eigenvalue weighted by Crippen LogP contribution is -2.20. The third-order valence-corrected chi connectivity index (χ3v) is 4.76. The third-order valence-electron chi connectivity index (χ3n) is 4.76. The van der Waals surface area contributed by atoms with Crippen molar-refractivity contribution in [1.29, 1.82) is 0 Å². The van der Waals surface area contributed by atoms with Crippen LogP contribution in [-0.2, 0) is 28.6 Å². The van der Waals surface area contributed by atoms with Crippen LogP contribution in [0.15, 0.2) is 35.5 Å². The van der Waals surface area contributed by atoms with Crippen LogP contribution >= 0.6 is 0 Å². The van der Waals surface area contributed by atoms with Crippen LogP contribution in [0, 0.1) is 11.8 Å². The molecule has 2 aliphatic heterocycles. The molecule has 3 rings (SSSR count). The number of rotatable bonds is 4. The Morgan fingerprint density at radius 3 is 2.92 bits per heavy atom. The molecule has 6 nitrogen and oxygen atoms in total. The van der Waals surface area contributed by atoms with Gasteiger partial charge in [0.1, 0.15) is 31.2 Å². The fourth-order valence-electron chi connectivity index (χ4n) is 3.15. The number of allylic oxidation sites excluding steroid dienone is 1. The van der Waals surface area contributed by atoms with Crippen LogP contribution in [0.5, 0.6) is 0 Å². The molecule has 2 saturated heterocycles. The van der Waals surface area contributed by atoms with E-state index < -0.39 is 12.1 Å². The van der Waals surface area contributed by atoms with Crippen molar-refractivity contribution in [2.45, 2.75) is 45.0 Å². The van der Waals surface area contributed by atoms with Crippen molar-refractivity contribution in [2.75, 3.05) is 6.61 Å². The van der Waals surface area contributed by atoms with Gasteiger partial charge in [0.15, 0.2) is 0 Å². The topological polar surface area (TPSA) is 82.2 Å². The van der Waals surface area contributed by atoms with Gasteiger partial charge in [-0.15, -0.1) is 0 Å². The molecule has 2 fully saturated rings. The highest BCUT2D eigenvalue weighted by atomic mass is 16.6. The minimum Gasteiger partial charge on any atom is -0.461 e. The quantitative estimate of drug-likeness (QED) is 0.254. The van der Waals surface area contributed by atoms with E-state index >= 15 is 0 Å². The molecule has 6 heteroatoms. The molecule has 0 saturated carbocycles. The van der Waals surface area contributed by atoms with Crippen molar-refractivity contribution in [1.82, 2.24) is 0 Å². The van der Waals surface area contributed by atoms with E-state index in [0.717, 1.165) is 11.9 Å². The van der Waals surface area contributed by atoms with Gasteiger partial charge in [-0.1, -0.05) is 26.5 Å². The lowest BCUT2D eigenvalue weighted by Gasteiger charge is -2.18. The van der Waals surface area contributed by atoms with Crippen LogP contribution in [-0.4, -0.2) is 43.1 Å². The van der Waals surface area contributed by atoms with Crippen molar-refractivity contribution in [3.8, 4) is 0 Å². The maximum atomic E-state index is 11.8. The Kier molecular flexibility index (Phi) is 4.90. The zero-order valence-electron chi connectivity index (χ0n) is 14.4. The van der Waals surface area contributed by atoms with E-state index in [-0.39, 0.29) is 36.6 Å². The standard InChI is InChI=1S/C19H22O6/c1-10(2)18(21)23-9-13-4-5-14-11(3)19(22)25-15(14)6-12(8-20)7-16-17(13)24-16/h4,7-8,10,14-17H,3,5-6,9H2,1-2H3/t14?,15-,16+,17-/m0/s1. The van der Waals surface area contributed by atoms with E-state index in [1.165, 1.54) is 0 Å². The molecule has 0 aromatic heterocycles. The van der Waals surface area contributed by atoms with E-state index in [4.69, 9.17) is 14.2 Å². The van der Waals surface area contributed by atoms with Gasteiger partial charge in [0.2, 0.25) is 0 Å². The molecule has 0 N–H and O–H groups in total. The van der Waals surface area contributed by atoms with Crippen LogP contribution in [0.25, 0.3) is 0 Å². The van der Waals surface area contributed by atoms with E-state index in [1.807, 2.05) is 6.08 Å². The van der Waals surface area contributed by atoms with Crippen LogP contribution in [0.1, 0.15) is 26.7 Å². The van der Waals surface area contributed by atoms with Crippen molar-refractivity contribution in [3.63, 3.8) is 0 Å². The van der Waals surface area contributed by atoms with Crippen molar-refractivity contribution >= 4 is 18.2 Å². The highest BCUT2D eigenvalue weighted by Gasteiger charge is 2.44. The molecule has 1 aliphatic carbocycles. The molecule has 0 aromatic carbocycles. The molecule has 0 radical (unpaired) electrons. The van der Waals surface area contributed by atoms with Gasteiger partial charge < -0.3 is 14.2 Å². The van der Waals surface area contributed by atoms with Gasteiger partial charge in [-0.3, -0.25) is 9.59 Å². The second-order valence-corrected chi connectivity index (χ2v) is 6.94. The lowest BCUT2D eigenvalue weighted by molar-refractivity contribution is -0.146. The normalized spacial score (nSPS) is 31.3. The highest BCUT2D eigenvalue weighted by molar-refractivity contribution is 5.91. The van der Waals surface area contributed by atoms with Crippen molar-refractivity contribution in [3.05, 3.63) is 35.5 Å². The molecule has 1 unspecified atom stereocenters. The maximum Gasteiger partial charge on any atom is 0.334 e. The Bertz CT molecular complexity index is 671. The largest absolute Gasteiger partial charge is 0.461 e. The zero-order valence-corrected chi connectivity index (χ0v) is 14.4. The van der Waals surface area contributed by atoms with Crippen molar-refractivity contribution < 1.29 is 28.6 Å². The molecule has 3 aliphatic rings. The van der Waals surface area contributed by atoms with Gasteiger partial charge >= 0.3 is 11.9 Å². The van der Waals surface area contributed by atoms with Crippen LogP contribution in [0.3, 0.4) is 0 Å². The number of carbonyl (C=O) groups is 3. The summed E-state index contributed by atoms with van der Waals surface area (Å²) in [5.41, 5.74) is 1.80. The number of ether oxygens (including phenoxy) is 3. The fourth-order valence-corrected chi connectivity index (χ4v) is 3.15. The Morgan fingerprint density at radius 1 is 1.48 bits per heavy atom. The average Bonchev–Trinajstić information content (AvgIpc) is 3.28. The zero-order chi connectivity index (χ0) is 18.1. The summed E-state index contributed by atoms with van der Waals surface area (Å²) in [5, 5.41) is 0. The second kappa shape index (κ2) is 6.96. The monoisotopic (exact) mass is 346 g/mol. The van der Waals surface area contributed by atoms with Crippen molar-refractivity contribution in [2.24, 2.45) is 11.8 Å². The van der Waals surface area contributed by atoms with Crippen LogP contribution in [0.2, 0.25) is 0 Å². The third kappa shape index (κ3) is 3.74. The van der Waals surface area contributed by atoms with Crippen LogP contribution in [0.4, 0.5) is 0 Å². The Hall–Kier alpha value is -2.21. The number of fused-ring (bicyclic) bond motifs is 2. The predicted molar refractivity (Wildman–Crippen MR) is 88.4 cm³/mol. The Labute approximate surface area is 146 Å². The molecular formula is C19H22O6. The SMILES string of the molecule is C=C1C(=O)O[C@H]2CC(C=O)=C[C@H]3O[C@H]3C(COC(=O)C(C)C)=CCC12. The van der Waals surface area contributed by atoms with Crippen LogP contribution < -0.4 is 0 Å². The van der Waals surface area contributed by atoms with E-state index in [1.54, 1.807) is 19.9 Å². The molecule has 0 amide bonds. The van der Waals surface area contributed by atoms with E-state index in [2.05, 4.69) is 6.58 Å². The van der Waals surface area contributed by atoms with Gasteiger partial charge in [0.05, 0.1) is 5.92 Å². The van der Waals surface area contributed by atoms with E-state index in [0.29, 0.717) is 24.0 Å². The first kappa shape index (κ1) is 17.6. The fraction of sp³-hybridized carbons (Fsp3) is 0.526. The second-order valence-electron chi connectivity index (χ2n) is 6.94. The maximum absolute atomic E-state index is 11.8. The highest BCUT2D eigenvalue weighted by Crippen LogP contribution is 2.38. The minimum absolute atomic E-state index is 0.140. The van der Waals surface area contributed by atoms with Gasteiger partial charge in [-0.05, 0) is 23.6 Å². The van der Waals surface area contributed by atoms with Gasteiger partial charge in [-0.25, -0.2) is 4.79 Å². The molecule has 0 bridgehead atoms. The first-order valence-corrected chi connectivity index (χ1v) is 8.47. The number of aldehydes is 1. The molecular weight excluding hydrogens is 324 g/mol. The Morgan fingerprint density at radius 2 is 2.24 bits per heavy atom. The summed E-state index contributed by atoms with van der Waals surface area (Å²) in [5.74, 6) is -1.09. The van der Waals surface area contributed by atoms with Gasteiger partial charge in [0, 0.05) is 17.9 Å². The summed E-state index contributed by atoms with van der Waals surface area (Å²) >= 11 is 0. The molecule has 0 aromatic rings. The minimum atomic E-state index is -0.415. The van der Waals surface area contributed by atoms with E-state index in [9.17, 15) is 14.4 Å². The number of hydrogen-bond acceptors (Lipinski definition) is 6. The number of hydrogen-bond donors (Lipinski definition) is 0. The summed E-state index contributed by atoms with van der Waals surface area (Å²) in [7, 11) is 0. The predicted octanol–water partition coefficient (Wildman–Crippen LogP) is 1.90. The first-order chi connectivity index (χ1) is 11.9. The molecule has 0 spiro atoms. The van der Waals surface area contributed by atoms with Gasteiger partial charge in [0.25, 0.3) is 0 Å². The summed E-state index contributed by atoms with van der Waals surface area (Å²) < 4.78 is 16.3. The summed E-state index contributed by atoms with van der Waals surface area (Å²) in [6, 6.07) is 0. The summed E-state index contributed by atoms with van der Waals surface area (Å²) in [4.78, 5) is 34.9. The summed E-state index contributed by atoms with van der Waals surface area (Å²) in [6.45, 7) is 7.51. The first-order valence-electron chi connectivity index (χ1n) is 8.47.